The first-order valence-electron chi connectivity index (χ1n) is 5.03. The van der Waals surface area contributed by atoms with E-state index in [1.54, 1.807) is 0 Å². The summed E-state index contributed by atoms with van der Waals surface area (Å²) in [5.41, 5.74) is 0. The molecule has 1 rings (SSSR count). The van der Waals surface area contributed by atoms with E-state index >= 15 is 0 Å². The summed E-state index contributed by atoms with van der Waals surface area (Å²) in [4.78, 5) is 1.26. The van der Waals surface area contributed by atoms with Gasteiger partial charge in [-0.05, 0) is 26.4 Å². The highest BCUT2D eigenvalue weighted by atomic mass is 19.4. The minimum Gasteiger partial charge on any atom is -0.392 e. The maximum absolute atomic E-state index is 12.0. The molecule has 1 aliphatic rings. The van der Waals surface area contributed by atoms with Crippen molar-refractivity contribution in [3.8, 4) is 0 Å². The second-order valence-electron chi connectivity index (χ2n) is 4.14. The summed E-state index contributed by atoms with van der Waals surface area (Å²) in [5.74, 6) is 0. The summed E-state index contributed by atoms with van der Waals surface area (Å²) in [6.07, 6.45) is -3.19. The molecule has 3 nitrogen and oxygen atoms in total. The van der Waals surface area contributed by atoms with Gasteiger partial charge < -0.3 is 10.4 Å². The Labute approximate surface area is 87.3 Å². The van der Waals surface area contributed by atoms with Gasteiger partial charge in [-0.2, -0.15) is 13.2 Å². The number of nitrogens with zero attached hydrogens (tertiary/aromatic N) is 1. The SMILES string of the molecule is CN(CCC1CC(O)CN1)CC(F)(F)F. The fraction of sp³-hybridized carbons (Fsp3) is 1.00. The lowest BCUT2D eigenvalue weighted by molar-refractivity contribution is -0.143. The van der Waals surface area contributed by atoms with Crippen LogP contribution in [0.4, 0.5) is 13.2 Å². The molecule has 0 bridgehead atoms. The minimum atomic E-state index is -4.13. The van der Waals surface area contributed by atoms with Crippen molar-refractivity contribution in [3.63, 3.8) is 0 Å². The average molecular weight is 226 g/mol. The summed E-state index contributed by atoms with van der Waals surface area (Å²) in [6.45, 7) is 0.0693. The molecular formula is C9H17F3N2O. The standard InChI is InChI=1S/C9H17F3N2O/c1-14(6-9(10,11)12)3-2-7-4-8(15)5-13-7/h7-8,13,15H,2-6H2,1H3. The van der Waals surface area contributed by atoms with Crippen molar-refractivity contribution in [3.05, 3.63) is 0 Å². The van der Waals surface area contributed by atoms with Crippen molar-refractivity contribution < 1.29 is 18.3 Å². The van der Waals surface area contributed by atoms with Crippen LogP contribution in [0.25, 0.3) is 0 Å². The summed E-state index contributed by atoms with van der Waals surface area (Å²) < 4.78 is 35.9. The van der Waals surface area contributed by atoms with E-state index in [0.29, 0.717) is 25.9 Å². The number of nitrogens with one attached hydrogen (secondary N) is 1. The van der Waals surface area contributed by atoms with Crippen LogP contribution in [0.3, 0.4) is 0 Å². The van der Waals surface area contributed by atoms with Crippen molar-refractivity contribution in [2.75, 3.05) is 26.7 Å². The Morgan fingerprint density at radius 3 is 2.60 bits per heavy atom. The second-order valence-corrected chi connectivity index (χ2v) is 4.14. The van der Waals surface area contributed by atoms with Gasteiger partial charge >= 0.3 is 6.18 Å². The number of halogens is 3. The van der Waals surface area contributed by atoms with Gasteiger partial charge in [0.15, 0.2) is 0 Å². The first kappa shape index (κ1) is 12.7. The molecule has 90 valence electrons. The molecule has 0 aromatic rings. The molecule has 1 fully saturated rings. The van der Waals surface area contributed by atoms with Crippen LogP contribution in [0.1, 0.15) is 12.8 Å². The molecule has 0 aromatic heterocycles. The Kier molecular flexibility index (Phi) is 4.36. The third-order valence-electron chi connectivity index (χ3n) is 2.51. The Hall–Kier alpha value is -0.330. The Bertz CT molecular complexity index is 198. The molecule has 0 aromatic carbocycles. The number of rotatable bonds is 4. The molecule has 0 radical (unpaired) electrons. The number of hydrogen-bond acceptors (Lipinski definition) is 3. The zero-order valence-corrected chi connectivity index (χ0v) is 8.72. The van der Waals surface area contributed by atoms with Crippen LogP contribution in [-0.2, 0) is 0 Å². The monoisotopic (exact) mass is 226 g/mol. The Balaban J connectivity index is 2.14. The third kappa shape index (κ3) is 5.34. The predicted octanol–water partition coefficient (Wildman–Crippen LogP) is 0.593. The fourth-order valence-electron chi connectivity index (χ4n) is 1.78. The lowest BCUT2D eigenvalue weighted by Gasteiger charge is -2.20. The molecule has 1 saturated heterocycles. The molecule has 0 spiro atoms. The molecule has 2 N–H and O–H groups in total. The molecule has 6 heteroatoms. The normalized spacial score (nSPS) is 27.6. The maximum atomic E-state index is 12.0. The van der Waals surface area contributed by atoms with Crippen molar-refractivity contribution in [1.29, 1.82) is 0 Å². The first-order valence-corrected chi connectivity index (χ1v) is 5.03. The quantitative estimate of drug-likeness (QED) is 0.736. The summed E-state index contributed by atoms with van der Waals surface area (Å²) in [5, 5.41) is 12.3. The van der Waals surface area contributed by atoms with Crippen LogP contribution in [0.15, 0.2) is 0 Å². The van der Waals surface area contributed by atoms with Gasteiger partial charge in [0, 0.05) is 12.6 Å². The zero-order chi connectivity index (χ0) is 11.5. The van der Waals surface area contributed by atoms with E-state index in [2.05, 4.69) is 5.32 Å². The molecule has 0 saturated carbocycles. The number of aliphatic hydroxyl groups is 1. The van der Waals surface area contributed by atoms with E-state index in [0.717, 1.165) is 0 Å². The second kappa shape index (κ2) is 5.14. The van der Waals surface area contributed by atoms with Gasteiger partial charge in [0.2, 0.25) is 0 Å². The molecule has 2 atom stereocenters. The molecule has 0 amide bonds. The van der Waals surface area contributed by atoms with Gasteiger partial charge in [-0.15, -0.1) is 0 Å². The summed E-state index contributed by atoms with van der Waals surface area (Å²) in [7, 11) is 1.46. The van der Waals surface area contributed by atoms with Gasteiger partial charge in [-0.3, -0.25) is 4.90 Å². The first-order chi connectivity index (χ1) is 6.87. The van der Waals surface area contributed by atoms with E-state index in [4.69, 9.17) is 0 Å². The summed E-state index contributed by atoms with van der Waals surface area (Å²) >= 11 is 0. The van der Waals surface area contributed by atoms with Gasteiger partial charge in [0.05, 0.1) is 12.6 Å². The highest BCUT2D eigenvalue weighted by Gasteiger charge is 2.29. The van der Waals surface area contributed by atoms with Crippen LogP contribution in [0.2, 0.25) is 0 Å². The van der Waals surface area contributed by atoms with Gasteiger partial charge in [0.1, 0.15) is 0 Å². The fourth-order valence-corrected chi connectivity index (χ4v) is 1.78. The molecule has 0 aliphatic carbocycles. The lowest BCUT2D eigenvalue weighted by atomic mass is 10.1. The number of β-amino-alcohol motifs (C(OH)–C–C–N with tert-alkyl or cyclic N) is 1. The smallest absolute Gasteiger partial charge is 0.392 e. The topological polar surface area (TPSA) is 35.5 Å². The molecule has 2 unspecified atom stereocenters. The van der Waals surface area contributed by atoms with E-state index < -0.39 is 12.7 Å². The van der Waals surface area contributed by atoms with E-state index in [1.807, 2.05) is 0 Å². The van der Waals surface area contributed by atoms with Gasteiger partial charge in [0.25, 0.3) is 0 Å². The largest absolute Gasteiger partial charge is 0.401 e. The van der Waals surface area contributed by atoms with Gasteiger partial charge in [-0.1, -0.05) is 0 Å². The Morgan fingerprint density at radius 1 is 1.47 bits per heavy atom. The highest BCUT2D eigenvalue weighted by molar-refractivity contribution is 4.81. The van der Waals surface area contributed by atoms with E-state index in [9.17, 15) is 18.3 Å². The van der Waals surface area contributed by atoms with Crippen LogP contribution in [0, 0.1) is 0 Å². The van der Waals surface area contributed by atoms with Crippen LogP contribution in [0.5, 0.6) is 0 Å². The maximum Gasteiger partial charge on any atom is 0.401 e. The minimum absolute atomic E-state index is 0.149. The number of hydrogen-bond donors (Lipinski definition) is 2. The van der Waals surface area contributed by atoms with Gasteiger partial charge in [-0.25, -0.2) is 0 Å². The average Bonchev–Trinajstić information content (AvgIpc) is 2.45. The van der Waals surface area contributed by atoms with Crippen LogP contribution >= 0.6 is 0 Å². The number of aliphatic hydroxyl groups excluding tert-OH is 1. The Morgan fingerprint density at radius 2 is 2.13 bits per heavy atom. The summed E-state index contributed by atoms with van der Waals surface area (Å²) in [6, 6.07) is 0.149. The lowest BCUT2D eigenvalue weighted by Crippen LogP contribution is -2.34. The van der Waals surface area contributed by atoms with Crippen LogP contribution < -0.4 is 5.32 Å². The number of alkyl halides is 3. The van der Waals surface area contributed by atoms with Crippen molar-refractivity contribution >= 4 is 0 Å². The third-order valence-corrected chi connectivity index (χ3v) is 2.51. The van der Waals surface area contributed by atoms with Crippen molar-refractivity contribution in [2.45, 2.75) is 31.2 Å². The van der Waals surface area contributed by atoms with E-state index in [1.165, 1.54) is 11.9 Å². The van der Waals surface area contributed by atoms with Crippen molar-refractivity contribution in [1.82, 2.24) is 10.2 Å². The molecular weight excluding hydrogens is 209 g/mol. The van der Waals surface area contributed by atoms with Crippen molar-refractivity contribution in [2.24, 2.45) is 0 Å². The molecule has 1 heterocycles. The zero-order valence-electron chi connectivity index (χ0n) is 8.72. The van der Waals surface area contributed by atoms with E-state index in [-0.39, 0.29) is 12.1 Å². The highest BCUT2D eigenvalue weighted by Crippen LogP contribution is 2.16. The predicted molar refractivity (Wildman–Crippen MR) is 50.6 cm³/mol. The molecule has 15 heavy (non-hydrogen) atoms. The molecule has 1 aliphatic heterocycles. The van der Waals surface area contributed by atoms with Crippen LogP contribution in [-0.4, -0.2) is 55.0 Å².